The van der Waals surface area contributed by atoms with Gasteiger partial charge >= 0.3 is 0 Å². The first kappa shape index (κ1) is 22.4. The lowest BCUT2D eigenvalue weighted by Gasteiger charge is -2.27. The van der Waals surface area contributed by atoms with E-state index in [9.17, 15) is 17.6 Å². The Morgan fingerprint density at radius 1 is 1.13 bits per heavy atom. The van der Waals surface area contributed by atoms with Crippen LogP contribution in [0.2, 0.25) is 0 Å². The van der Waals surface area contributed by atoms with Gasteiger partial charge in [-0.3, -0.25) is 4.79 Å². The molecule has 0 spiro atoms. The van der Waals surface area contributed by atoms with Crippen LogP contribution in [0.25, 0.3) is 0 Å². The van der Waals surface area contributed by atoms with Crippen molar-refractivity contribution in [3.63, 3.8) is 0 Å². The largest absolute Gasteiger partial charge is 0.379 e. The molecule has 6 nitrogen and oxygen atoms in total. The van der Waals surface area contributed by atoms with Crippen LogP contribution in [0.15, 0.2) is 47.4 Å². The molecule has 1 aliphatic rings. The molecule has 1 aliphatic heterocycles. The molecule has 2 aromatic carbocycles. The summed E-state index contributed by atoms with van der Waals surface area (Å²) in [5.41, 5.74) is 1.65. The van der Waals surface area contributed by atoms with E-state index in [0.29, 0.717) is 56.0 Å². The maximum absolute atomic E-state index is 13.5. The molecule has 0 radical (unpaired) electrons. The Morgan fingerprint density at radius 2 is 1.87 bits per heavy atom. The van der Waals surface area contributed by atoms with E-state index in [2.05, 4.69) is 0 Å². The Bertz CT molecular complexity index is 1000. The average molecular weight is 435 g/mol. The highest BCUT2D eigenvalue weighted by molar-refractivity contribution is 7.89. The normalized spacial score (nSPS) is 15.2. The highest BCUT2D eigenvalue weighted by Gasteiger charge is 2.29. The van der Waals surface area contributed by atoms with Crippen LogP contribution in [0.1, 0.15) is 35.3 Å². The van der Waals surface area contributed by atoms with Crippen LogP contribution in [0.5, 0.6) is 0 Å². The fraction of sp³-hybridized carbons (Fsp3) is 0.409. The topological polar surface area (TPSA) is 66.9 Å². The Kier molecular flexibility index (Phi) is 7.23. The Labute approximate surface area is 177 Å². The molecule has 0 N–H and O–H groups in total. The van der Waals surface area contributed by atoms with E-state index in [4.69, 9.17) is 4.74 Å². The van der Waals surface area contributed by atoms with Crippen LogP contribution in [0.4, 0.5) is 4.39 Å². The molecule has 1 heterocycles. The van der Waals surface area contributed by atoms with Crippen molar-refractivity contribution in [3.8, 4) is 0 Å². The zero-order chi connectivity index (χ0) is 21.7. The smallest absolute Gasteiger partial charge is 0.254 e. The predicted octanol–water partition coefficient (Wildman–Crippen LogP) is 3.07. The highest BCUT2D eigenvalue weighted by Crippen LogP contribution is 2.24. The van der Waals surface area contributed by atoms with E-state index in [1.165, 1.54) is 22.5 Å². The zero-order valence-electron chi connectivity index (χ0n) is 17.3. The lowest BCUT2D eigenvalue weighted by atomic mass is 10.1. The Balaban J connectivity index is 1.91. The number of carbonyl (C=O) groups excluding carboxylic acids is 1. The molecule has 162 valence electrons. The van der Waals surface area contributed by atoms with Gasteiger partial charge in [0, 0.05) is 31.7 Å². The van der Waals surface area contributed by atoms with Gasteiger partial charge in [0.2, 0.25) is 10.0 Å². The molecule has 0 aromatic heterocycles. The van der Waals surface area contributed by atoms with Gasteiger partial charge in [-0.15, -0.1) is 0 Å². The molecule has 0 unspecified atom stereocenters. The number of nitrogens with zero attached hydrogens (tertiary/aromatic N) is 2. The number of halogens is 1. The minimum Gasteiger partial charge on any atom is -0.379 e. The Morgan fingerprint density at radius 3 is 2.50 bits per heavy atom. The van der Waals surface area contributed by atoms with E-state index in [1.807, 2.05) is 13.8 Å². The summed E-state index contributed by atoms with van der Waals surface area (Å²) >= 11 is 0. The fourth-order valence-electron chi connectivity index (χ4n) is 3.51. The average Bonchev–Trinajstić information content (AvgIpc) is 2.77. The van der Waals surface area contributed by atoms with Gasteiger partial charge in [0.15, 0.2) is 0 Å². The summed E-state index contributed by atoms with van der Waals surface area (Å²) in [6.07, 6.45) is 0.536. The molecule has 1 saturated heterocycles. The minimum atomic E-state index is -3.72. The second kappa shape index (κ2) is 9.68. The van der Waals surface area contributed by atoms with Gasteiger partial charge in [0.05, 0.1) is 18.1 Å². The molecule has 1 amide bonds. The van der Waals surface area contributed by atoms with Crippen LogP contribution in [-0.2, 0) is 27.7 Å². The minimum absolute atomic E-state index is 0.166. The number of sulfonamides is 1. The number of hydrogen-bond acceptors (Lipinski definition) is 4. The molecule has 0 bridgehead atoms. The number of ether oxygens (including phenoxy) is 1. The summed E-state index contributed by atoms with van der Waals surface area (Å²) in [7, 11) is -3.72. The summed E-state index contributed by atoms with van der Waals surface area (Å²) in [6.45, 7) is 5.69. The van der Waals surface area contributed by atoms with E-state index >= 15 is 0 Å². The second-order valence-electron chi connectivity index (χ2n) is 7.14. The summed E-state index contributed by atoms with van der Waals surface area (Å²) in [4.78, 5) is 14.9. The van der Waals surface area contributed by atoms with Crippen LogP contribution in [0.3, 0.4) is 0 Å². The van der Waals surface area contributed by atoms with Crippen molar-refractivity contribution in [2.24, 2.45) is 0 Å². The predicted molar refractivity (Wildman–Crippen MR) is 112 cm³/mol. The van der Waals surface area contributed by atoms with Crippen LogP contribution < -0.4 is 0 Å². The molecule has 1 fully saturated rings. The van der Waals surface area contributed by atoms with Crippen LogP contribution in [0, 0.1) is 5.82 Å². The van der Waals surface area contributed by atoms with Crippen molar-refractivity contribution in [2.75, 3.05) is 32.8 Å². The summed E-state index contributed by atoms with van der Waals surface area (Å²) in [5.74, 6) is -0.648. The van der Waals surface area contributed by atoms with E-state index in [-0.39, 0.29) is 23.2 Å². The van der Waals surface area contributed by atoms with Crippen molar-refractivity contribution < 1.29 is 22.3 Å². The first-order valence-electron chi connectivity index (χ1n) is 10.1. The molecular weight excluding hydrogens is 407 g/mol. The van der Waals surface area contributed by atoms with Crippen LogP contribution in [-0.4, -0.2) is 56.4 Å². The number of aryl methyl sites for hydroxylation is 1. The summed E-state index contributed by atoms with van der Waals surface area (Å²) in [6, 6.07) is 10.9. The maximum Gasteiger partial charge on any atom is 0.254 e. The van der Waals surface area contributed by atoms with Gasteiger partial charge in [-0.25, -0.2) is 12.8 Å². The SMILES string of the molecule is CCc1ccc(C(=O)N(CC)Cc2cccc(F)c2)cc1S(=O)(=O)N1CCOCC1. The monoisotopic (exact) mass is 434 g/mol. The fourth-order valence-corrected chi connectivity index (χ4v) is 5.24. The number of amides is 1. The van der Waals surface area contributed by atoms with Gasteiger partial charge in [0.1, 0.15) is 5.82 Å². The molecule has 8 heteroatoms. The first-order valence-corrected chi connectivity index (χ1v) is 11.5. The lowest BCUT2D eigenvalue weighted by molar-refractivity contribution is 0.0729. The third-order valence-corrected chi connectivity index (χ3v) is 7.20. The van der Waals surface area contributed by atoms with Gasteiger partial charge in [-0.05, 0) is 48.7 Å². The number of hydrogen-bond donors (Lipinski definition) is 0. The summed E-state index contributed by atoms with van der Waals surface area (Å²) < 4.78 is 46.6. The molecule has 0 saturated carbocycles. The number of benzene rings is 2. The van der Waals surface area contributed by atoms with E-state index < -0.39 is 10.0 Å². The standard InChI is InChI=1S/C22H27FN2O4S/c1-3-18-8-9-19(15-21(18)30(27,28)25-10-12-29-13-11-25)22(26)24(4-2)16-17-6-5-7-20(23)14-17/h5-9,14-15H,3-4,10-13,16H2,1-2H3. The zero-order valence-corrected chi connectivity index (χ0v) is 18.1. The van der Waals surface area contributed by atoms with Crippen molar-refractivity contribution in [1.82, 2.24) is 9.21 Å². The maximum atomic E-state index is 13.5. The molecular formula is C22H27FN2O4S. The lowest BCUT2D eigenvalue weighted by Crippen LogP contribution is -2.41. The van der Waals surface area contributed by atoms with Gasteiger partial charge in [-0.1, -0.05) is 25.1 Å². The van der Waals surface area contributed by atoms with Crippen molar-refractivity contribution in [3.05, 3.63) is 65.0 Å². The number of morpholine rings is 1. The van der Waals surface area contributed by atoms with E-state index in [1.54, 1.807) is 29.2 Å². The van der Waals surface area contributed by atoms with Crippen LogP contribution >= 0.6 is 0 Å². The number of rotatable bonds is 7. The van der Waals surface area contributed by atoms with Crippen molar-refractivity contribution >= 4 is 15.9 Å². The molecule has 3 rings (SSSR count). The molecule has 0 aliphatic carbocycles. The quantitative estimate of drug-likeness (QED) is 0.672. The first-order chi connectivity index (χ1) is 14.4. The second-order valence-corrected chi connectivity index (χ2v) is 9.05. The number of carbonyl (C=O) groups is 1. The summed E-state index contributed by atoms with van der Waals surface area (Å²) in [5, 5.41) is 0. The molecule has 0 atom stereocenters. The highest BCUT2D eigenvalue weighted by atomic mass is 32.2. The van der Waals surface area contributed by atoms with E-state index in [0.717, 1.165) is 0 Å². The molecule has 2 aromatic rings. The third kappa shape index (κ3) is 4.88. The Hall–Kier alpha value is -2.29. The van der Waals surface area contributed by atoms with Gasteiger partial charge in [-0.2, -0.15) is 4.31 Å². The third-order valence-electron chi connectivity index (χ3n) is 5.21. The van der Waals surface area contributed by atoms with Gasteiger partial charge in [0.25, 0.3) is 5.91 Å². The van der Waals surface area contributed by atoms with Gasteiger partial charge < -0.3 is 9.64 Å². The molecule has 30 heavy (non-hydrogen) atoms. The van der Waals surface area contributed by atoms with Crippen molar-refractivity contribution in [1.29, 1.82) is 0 Å². The van der Waals surface area contributed by atoms with Crippen molar-refractivity contribution in [2.45, 2.75) is 31.7 Å².